The van der Waals surface area contributed by atoms with E-state index in [1.54, 1.807) is 0 Å². The van der Waals surface area contributed by atoms with Crippen LogP contribution >= 0.6 is 34.3 Å². The number of carboxylic acids is 1. The van der Waals surface area contributed by atoms with Crippen LogP contribution < -0.4 is 5.32 Å². The molecule has 5 nitrogen and oxygen atoms in total. The van der Waals surface area contributed by atoms with E-state index in [2.05, 4.69) is 10.3 Å². The summed E-state index contributed by atoms with van der Waals surface area (Å²) >= 11 is 8.00. The minimum absolute atomic E-state index is 0.0963. The Kier molecular flexibility index (Phi) is 5.08. The molecule has 146 valence electrons. The first-order chi connectivity index (χ1) is 13.8. The van der Waals surface area contributed by atoms with Gasteiger partial charge in [-0.1, -0.05) is 17.7 Å². The Morgan fingerprint density at radius 3 is 2.69 bits per heavy atom. The van der Waals surface area contributed by atoms with Crippen molar-refractivity contribution in [1.29, 1.82) is 0 Å². The minimum atomic E-state index is -1.27. The lowest BCUT2D eigenvalue weighted by Crippen LogP contribution is -2.13. The third-order valence-corrected chi connectivity index (χ3v) is 6.34. The number of rotatable bonds is 4. The number of anilines is 1. The molecule has 0 unspecified atom stereocenters. The van der Waals surface area contributed by atoms with Gasteiger partial charge in [0.05, 0.1) is 10.2 Å². The summed E-state index contributed by atoms with van der Waals surface area (Å²) in [6, 6.07) is 9.66. The Hall–Kier alpha value is -2.81. The maximum atomic E-state index is 14.3. The van der Waals surface area contributed by atoms with Crippen molar-refractivity contribution in [2.24, 2.45) is 0 Å². The highest BCUT2D eigenvalue weighted by Gasteiger charge is 2.24. The first-order valence-corrected chi connectivity index (χ1v) is 10.4. The molecule has 9 heteroatoms. The van der Waals surface area contributed by atoms with Crippen molar-refractivity contribution in [3.05, 3.63) is 68.8 Å². The third-order valence-electron chi connectivity index (χ3n) is 4.19. The Bertz CT molecular complexity index is 1280. The van der Waals surface area contributed by atoms with Crippen LogP contribution in [0.1, 0.15) is 25.7 Å². The van der Waals surface area contributed by atoms with E-state index < -0.39 is 17.7 Å². The van der Waals surface area contributed by atoms with Crippen molar-refractivity contribution in [1.82, 2.24) is 4.98 Å². The van der Waals surface area contributed by atoms with Crippen molar-refractivity contribution in [2.75, 3.05) is 5.32 Å². The van der Waals surface area contributed by atoms with Crippen LogP contribution in [0, 0.1) is 12.7 Å². The SMILES string of the molecule is Cc1ccc2nc(C(=O)Nc3scc(-c4ccc(Cl)cc4F)c3C(=O)O)sc2c1. The van der Waals surface area contributed by atoms with E-state index in [4.69, 9.17) is 11.6 Å². The van der Waals surface area contributed by atoms with Crippen molar-refractivity contribution >= 4 is 61.4 Å². The fourth-order valence-electron chi connectivity index (χ4n) is 2.85. The van der Waals surface area contributed by atoms with Gasteiger partial charge >= 0.3 is 5.97 Å². The molecule has 0 aliphatic carbocycles. The highest BCUT2D eigenvalue weighted by atomic mass is 35.5. The van der Waals surface area contributed by atoms with Gasteiger partial charge in [-0.15, -0.1) is 22.7 Å². The molecule has 0 aliphatic rings. The predicted octanol–water partition coefficient (Wildman–Crippen LogP) is 6.08. The zero-order valence-electron chi connectivity index (χ0n) is 14.8. The van der Waals surface area contributed by atoms with E-state index in [0.29, 0.717) is 5.52 Å². The number of thiophene rings is 1. The molecule has 2 N–H and O–H groups in total. The van der Waals surface area contributed by atoms with Crippen LogP contribution in [-0.2, 0) is 0 Å². The number of aromatic nitrogens is 1. The van der Waals surface area contributed by atoms with E-state index in [1.165, 1.54) is 28.8 Å². The number of amides is 1. The van der Waals surface area contributed by atoms with E-state index in [-0.39, 0.29) is 31.7 Å². The number of nitrogens with one attached hydrogen (secondary N) is 1. The van der Waals surface area contributed by atoms with E-state index >= 15 is 0 Å². The molecule has 0 fully saturated rings. The number of aryl methyl sites for hydroxylation is 1. The van der Waals surface area contributed by atoms with Crippen molar-refractivity contribution in [3.63, 3.8) is 0 Å². The molecule has 2 aromatic heterocycles. The van der Waals surface area contributed by atoms with Crippen molar-refractivity contribution < 1.29 is 19.1 Å². The number of carboxylic acid groups (broad SMARTS) is 1. The summed E-state index contributed by atoms with van der Waals surface area (Å²) in [7, 11) is 0. The number of carbonyl (C=O) groups excluding carboxylic acids is 1. The molecule has 0 radical (unpaired) electrons. The largest absolute Gasteiger partial charge is 0.478 e. The van der Waals surface area contributed by atoms with Crippen LogP contribution in [0.4, 0.5) is 9.39 Å². The van der Waals surface area contributed by atoms with Gasteiger partial charge in [-0.2, -0.15) is 0 Å². The van der Waals surface area contributed by atoms with Crippen LogP contribution in [0.25, 0.3) is 21.3 Å². The fraction of sp³-hybridized carbons (Fsp3) is 0.0500. The van der Waals surface area contributed by atoms with E-state index in [9.17, 15) is 19.1 Å². The Morgan fingerprint density at radius 1 is 1.17 bits per heavy atom. The predicted molar refractivity (Wildman–Crippen MR) is 114 cm³/mol. The molecular formula is C20H12ClFN2O3S2. The standard InChI is InChI=1S/C20H12ClFN2O3S2/c1-9-2-5-14-15(6-9)29-19(23-14)17(25)24-18-16(20(26)27)12(8-28-18)11-4-3-10(21)7-13(11)22/h2-8H,1H3,(H,24,25)(H,26,27). The molecule has 4 aromatic rings. The van der Waals surface area contributed by atoms with Crippen LogP contribution in [0.5, 0.6) is 0 Å². The summed E-state index contributed by atoms with van der Waals surface area (Å²) in [5, 5.41) is 14.3. The van der Waals surface area contributed by atoms with Crippen LogP contribution in [-0.4, -0.2) is 22.0 Å². The first kappa shape index (κ1) is 19.5. The highest BCUT2D eigenvalue weighted by Crippen LogP contribution is 2.38. The second-order valence-corrected chi connectivity index (χ2v) is 8.57. The molecule has 0 bridgehead atoms. The highest BCUT2D eigenvalue weighted by molar-refractivity contribution is 7.20. The van der Waals surface area contributed by atoms with Crippen molar-refractivity contribution in [3.8, 4) is 11.1 Å². The smallest absolute Gasteiger partial charge is 0.339 e. The van der Waals surface area contributed by atoms with Crippen LogP contribution in [0.15, 0.2) is 41.8 Å². The zero-order chi connectivity index (χ0) is 20.7. The lowest BCUT2D eigenvalue weighted by atomic mass is 10.0. The maximum absolute atomic E-state index is 14.3. The fourth-order valence-corrected chi connectivity index (χ4v) is 4.92. The normalized spacial score (nSPS) is 11.0. The average Bonchev–Trinajstić information content (AvgIpc) is 3.25. The van der Waals surface area contributed by atoms with Gasteiger partial charge in [0.1, 0.15) is 16.4 Å². The van der Waals surface area contributed by atoms with Crippen LogP contribution in [0.3, 0.4) is 0 Å². The molecule has 2 aromatic carbocycles. The van der Waals surface area contributed by atoms with E-state index in [1.807, 2.05) is 25.1 Å². The van der Waals surface area contributed by atoms with Gasteiger partial charge in [-0.05, 0) is 42.8 Å². The maximum Gasteiger partial charge on any atom is 0.339 e. The van der Waals surface area contributed by atoms with Gasteiger partial charge in [0.15, 0.2) is 5.01 Å². The van der Waals surface area contributed by atoms with Gasteiger partial charge in [-0.25, -0.2) is 14.2 Å². The van der Waals surface area contributed by atoms with Gasteiger partial charge in [0.2, 0.25) is 0 Å². The quantitative estimate of drug-likeness (QED) is 0.398. The zero-order valence-corrected chi connectivity index (χ0v) is 17.2. The lowest BCUT2D eigenvalue weighted by Gasteiger charge is -2.06. The lowest BCUT2D eigenvalue weighted by molar-refractivity contribution is 0.0699. The van der Waals surface area contributed by atoms with Gasteiger partial charge < -0.3 is 10.4 Å². The molecule has 29 heavy (non-hydrogen) atoms. The molecule has 0 saturated carbocycles. The Labute approximate surface area is 177 Å². The monoisotopic (exact) mass is 446 g/mol. The van der Waals surface area contributed by atoms with Crippen LogP contribution in [0.2, 0.25) is 5.02 Å². The van der Waals surface area contributed by atoms with Gasteiger partial charge in [0, 0.05) is 21.5 Å². The molecule has 0 atom stereocenters. The molecule has 0 spiro atoms. The summed E-state index contributed by atoms with van der Waals surface area (Å²) in [5.74, 6) is -2.43. The first-order valence-electron chi connectivity index (χ1n) is 8.32. The topological polar surface area (TPSA) is 79.3 Å². The molecule has 2 heterocycles. The number of aromatic carboxylic acids is 1. The molecule has 0 saturated heterocycles. The van der Waals surface area contributed by atoms with E-state index in [0.717, 1.165) is 27.7 Å². The number of thiazole rings is 1. The average molecular weight is 447 g/mol. The third kappa shape index (κ3) is 3.74. The molecule has 1 amide bonds. The number of hydrogen-bond donors (Lipinski definition) is 2. The number of benzene rings is 2. The van der Waals surface area contributed by atoms with Gasteiger partial charge in [-0.3, -0.25) is 4.79 Å². The second-order valence-electron chi connectivity index (χ2n) is 6.23. The Balaban J connectivity index is 1.70. The molecular weight excluding hydrogens is 435 g/mol. The second kappa shape index (κ2) is 7.55. The number of fused-ring (bicyclic) bond motifs is 1. The summed E-state index contributed by atoms with van der Waals surface area (Å²) in [6.45, 7) is 1.95. The summed E-state index contributed by atoms with van der Waals surface area (Å²) in [4.78, 5) is 28.8. The van der Waals surface area contributed by atoms with Crippen molar-refractivity contribution in [2.45, 2.75) is 6.92 Å². The summed E-state index contributed by atoms with van der Waals surface area (Å²) < 4.78 is 15.2. The summed E-state index contributed by atoms with van der Waals surface area (Å²) in [6.07, 6.45) is 0. The van der Waals surface area contributed by atoms with Gasteiger partial charge in [0.25, 0.3) is 5.91 Å². The molecule has 0 aliphatic heterocycles. The minimum Gasteiger partial charge on any atom is -0.478 e. The number of carbonyl (C=O) groups is 2. The Morgan fingerprint density at radius 2 is 1.97 bits per heavy atom. The number of halogens is 2. The summed E-state index contributed by atoms with van der Waals surface area (Å²) in [5.41, 5.74) is 1.83. The molecule has 4 rings (SSSR count). The number of hydrogen-bond acceptors (Lipinski definition) is 5. The number of nitrogens with zero attached hydrogens (tertiary/aromatic N) is 1.